The Morgan fingerprint density at radius 1 is 1.22 bits per heavy atom. The first kappa shape index (κ1) is 17.8. The van der Waals surface area contributed by atoms with E-state index < -0.39 is 0 Å². The maximum absolute atomic E-state index is 12.6. The Labute approximate surface area is 143 Å². The lowest BCUT2D eigenvalue weighted by atomic mass is 10.1. The molecule has 1 atom stereocenters. The predicted octanol–water partition coefficient (Wildman–Crippen LogP) is 1.51. The second-order valence-corrected chi connectivity index (χ2v) is 6.20. The number of hydrogen-bond donors (Lipinski definition) is 1. The van der Waals surface area contributed by atoms with Crippen LogP contribution < -0.4 is 10.2 Å². The lowest BCUT2D eigenvalue weighted by Crippen LogP contribution is -2.48. The molecule has 3 rings (SSSR count). The highest BCUT2D eigenvalue weighted by molar-refractivity contribution is 6.00. The molecule has 0 bridgehead atoms. The molecule has 1 N–H and O–H groups in total. The Bertz CT molecular complexity index is 600. The molecule has 0 saturated carbocycles. The summed E-state index contributed by atoms with van der Waals surface area (Å²) in [5.41, 5.74) is 3.23. The number of piperazine rings is 1. The first-order valence-electron chi connectivity index (χ1n) is 7.94. The summed E-state index contributed by atoms with van der Waals surface area (Å²) >= 11 is 0. The van der Waals surface area contributed by atoms with Crippen molar-refractivity contribution in [2.45, 2.75) is 20.3 Å². The molecule has 2 saturated heterocycles. The summed E-state index contributed by atoms with van der Waals surface area (Å²) in [5, 5.41) is 3.25. The number of carbonyl (C=O) groups is 2. The standard InChI is InChI=1S/C17H23N3O2.ClH/c1-12-4-3-5-15(13(12)2)20-11-14(10-16(20)21)17(22)19-8-6-18-7-9-19;/h3-5,14,18H,6-11H2,1-2H3;1H. The fourth-order valence-corrected chi connectivity index (χ4v) is 3.28. The van der Waals surface area contributed by atoms with E-state index in [-0.39, 0.29) is 30.1 Å². The van der Waals surface area contributed by atoms with Crippen LogP contribution in [0.5, 0.6) is 0 Å². The van der Waals surface area contributed by atoms with Crippen molar-refractivity contribution in [1.82, 2.24) is 10.2 Å². The van der Waals surface area contributed by atoms with E-state index in [1.165, 1.54) is 5.56 Å². The Morgan fingerprint density at radius 3 is 2.61 bits per heavy atom. The molecular formula is C17H24ClN3O2. The van der Waals surface area contributed by atoms with Crippen LogP contribution in [0.15, 0.2) is 18.2 Å². The molecule has 2 amide bonds. The van der Waals surface area contributed by atoms with Crippen LogP contribution in [0.3, 0.4) is 0 Å². The smallest absolute Gasteiger partial charge is 0.228 e. The van der Waals surface area contributed by atoms with Gasteiger partial charge in [0, 0.05) is 44.8 Å². The van der Waals surface area contributed by atoms with Gasteiger partial charge >= 0.3 is 0 Å². The van der Waals surface area contributed by atoms with Crippen molar-refractivity contribution in [3.8, 4) is 0 Å². The first-order chi connectivity index (χ1) is 10.6. The summed E-state index contributed by atoms with van der Waals surface area (Å²) in [6, 6.07) is 5.98. The summed E-state index contributed by atoms with van der Waals surface area (Å²) in [6.07, 6.45) is 0.330. The third-order valence-corrected chi connectivity index (χ3v) is 4.77. The van der Waals surface area contributed by atoms with Gasteiger partial charge in [-0.15, -0.1) is 12.4 Å². The third kappa shape index (κ3) is 3.51. The van der Waals surface area contributed by atoms with Crippen LogP contribution in [0, 0.1) is 19.8 Å². The van der Waals surface area contributed by atoms with Crippen LogP contribution in [0.2, 0.25) is 0 Å². The minimum Gasteiger partial charge on any atom is -0.340 e. The number of halogens is 1. The first-order valence-corrected chi connectivity index (χ1v) is 7.94. The van der Waals surface area contributed by atoms with Crippen LogP contribution >= 0.6 is 12.4 Å². The van der Waals surface area contributed by atoms with Gasteiger partial charge < -0.3 is 15.1 Å². The molecule has 1 aromatic rings. The Morgan fingerprint density at radius 2 is 1.91 bits per heavy atom. The third-order valence-electron chi connectivity index (χ3n) is 4.77. The van der Waals surface area contributed by atoms with E-state index in [9.17, 15) is 9.59 Å². The van der Waals surface area contributed by atoms with Crippen LogP contribution in [-0.4, -0.2) is 49.4 Å². The van der Waals surface area contributed by atoms with Gasteiger partial charge in [0.05, 0.1) is 5.92 Å². The Kier molecular flexibility index (Phi) is 5.65. The maximum Gasteiger partial charge on any atom is 0.228 e. The zero-order valence-corrected chi connectivity index (χ0v) is 14.5. The second-order valence-electron chi connectivity index (χ2n) is 6.20. The van der Waals surface area contributed by atoms with Gasteiger partial charge in [0.1, 0.15) is 0 Å². The Balaban J connectivity index is 0.00000192. The highest BCUT2D eigenvalue weighted by Gasteiger charge is 2.37. The molecular weight excluding hydrogens is 314 g/mol. The van der Waals surface area contributed by atoms with Gasteiger partial charge in [0.15, 0.2) is 0 Å². The Hall–Kier alpha value is -1.59. The largest absolute Gasteiger partial charge is 0.340 e. The number of benzene rings is 1. The van der Waals surface area contributed by atoms with Gasteiger partial charge in [-0.05, 0) is 31.0 Å². The molecule has 5 nitrogen and oxygen atoms in total. The average molecular weight is 338 g/mol. The van der Waals surface area contributed by atoms with Crippen molar-refractivity contribution in [1.29, 1.82) is 0 Å². The van der Waals surface area contributed by atoms with Gasteiger partial charge in [0.25, 0.3) is 0 Å². The van der Waals surface area contributed by atoms with Gasteiger partial charge in [-0.25, -0.2) is 0 Å². The number of anilines is 1. The molecule has 2 heterocycles. The average Bonchev–Trinajstić information content (AvgIpc) is 2.92. The van der Waals surface area contributed by atoms with E-state index in [0.717, 1.165) is 37.4 Å². The van der Waals surface area contributed by atoms with Crippen LogP contribution in [0.1, 0.15) is 17.5 Å². The van der Waals surface area contributed by atoms with Gasteiger partial charge in [-0.3, -0.25) is 9.59 Å². The quantitative estimate of drug-likeness (QED) is 0.890. The zero-order valence-electron chi connectivity index (χ0n) is 13.7. The molecule has 0 radical (unpaired) electrons. The minimum absolute atomic E-state index is 0. The lowest BCUT2D eigenvalue weighted by Gasteiger charge is -2.29. The SMILES string of the molecule is Cc1cccc(N2CC(C(=O)N3CCNCC3)CC2=O)c1C.Cl. The van der Waals surface area contributed by atoms with Crippen LogP contribution in [0.25, 0.3) is 0 Å². The molecule has 2 fully saturated rings. The number of nitrogens with zero attached hydrogens (tertiary/aromatic N) is 2. The summed E-state index contributed by atoms with van der Waals surface area (Å²) in [6.45, 7) is 7.75. The lowest BCUT2D eigenvalue weighted by molar-refractivity contribution is -0.136. The second kappa shape index (κ2) is 7.32. The molecule has 0 aliphatic carbocycles. The molecule has 2 aliphatic heterocycles. The molecule has 0 aromatic heterocycles. The van der Waals surface area contributed by atoms with Crippen molar-refractivity contribution in [3.05, 3.63) is 29.3 Å². The van der Waals surface area contributed by atoms with Gasteiger partial charge in [-0.2, -0.15) is 0 Å². The molecule has 0 spiro atoms. The van der Waals surface area contributed by atoms with E-state index in [4.69, 9.17) is 0 Å². The van der Waals surface area contributed by atoms with E-state index in [1.54, 1.807) is 4.90 Å². The summed E-state index contributed by atoms with van der Waals surface area (Å²) in [7, 11) is 0. The molecule has 126 valence electrons. The molecule has 23 heavy (non-hydrogen) atoms. The zero-order chi connectivity index (χ0) is 15.7. The number of hydrogen-bond acceptors (Lipinski definition) is 3. The highest BCUT2D eigenvalue weighted by Crippen LogP contribution is 2.30. The summed E-state index contributed by atoms with van der Waals surface area (Å²) < 4.78 is 0. The number of carbonyl (C=O) groups excluding carboxylic acids is 2. The molecule has 1 aromatic carbocycles. The van der Waals surface area contributed by atoms with E-state index in [2.05, 4.69) is 5.32 Å². The van der Waals surface area contributed by atoms with Crippen molar-refractivity contribution >= 4 is 29.9 Å². The fourth-order valence-electron chi connectivity index (χ4n) is 3.28. The van der Waals surface area contributed by atoms with Crippen molar-refractivity contribution < 1.29 is 9.59 Å². The fraction of sp³-hybridized carbons (Fsp3) is 0.529. The highest BCUT2D eigenvalue weighted by atomic mass is 35.5. The van der Waals surface area contributed by atoms with Crippen molar-refractivity contribution in [2.75, 3.05) is 37.6 Å². The van der Waals surface area contributed by atoms with Gasteiger partial charge in [-0.1, -0.05) is 12.1 Å². The minimum atomic E-state index is -0.203. The van der Waals surface area contributed by atoms with Crippen LogP contribution in [-0.2, 0) is 9.59 Å². The van der Waals surface area contributed by atoms with Crippen molar-refractivity contribution in [3.63, 3.8) is 0 Å². The molecule has 1 unspecified atom stereocenters. The predicted molar refractivity (Wildman–Crippen MR) is 93.1 cm³/mol. The number of aryl methyl sites for hydroxylation is 1. The number of nitrogens with one attached hydrogen (secondary N) is 1. The molecule has 2 aliphatic rings. The van der Waals surface area contributed by atoms with Gasteiger partial charge in [0.2, 0.25) is 11.8 Å². The topological polar surface area (TPSA) is 52.7 Å². The van der Waals surface area contributed by atoms with E-state index in [0.29, 0.717) is 13.0 Å². The number of amides is 2. The summed E-state index contributed by atoms with van der Waals surface area (Å²) in [5.74, 6) is -0.0182. The van der Waals surface area contributed by atoms with E-state index in [1.807, 2.05) is 36.9 Å². The normalized spacial score (nSPS) is 21.3. The molecule has 6 heteroatoms. The summed E-state index contributed by atoms with van der Waals surface area (Å²) in [4.78, 5) is 28.6. The number of rotatable bonds is 2. The monoisotopic (exact) mass is 337 g/mol. The maximum atomic E-state index is 12.6. The van der Waals surface area contributed by atoms with E-state index >= 15 is 0 Å². The van der Waals surface area contributed by atoms with Crippen molar-refractivity contribution in [2.24, 2.45) is 5.92 Å². The van der Waals surface area contributed by atoms with Crippen LogP contribution in [0.4, 0.5) is 5.69 Å².